The summed E-state index contributed by atoms with van der Waals surface area (Å²) < 4.78 is 13.7. The van der Waals surface area contributed by atoms with Crippen molar-refractivity contribution in [2.24, 2.45) is 0 Å². The van der Waals surface area contributed by atoms with Crippen LogP contribution in [0.15, 0.2) is 47.4 Å². The number of amides is 1. The summed E-state index contributed by atoms with van der Waals surface area (Å²) in [7, 11) is 0. The molecule has 104 valence electrons. The summed E-state index contributed by atoms with van der Waals surface area (Å²) in [5.41, 5.74) is 1.78. The zero-order valence-corrected chi connectivity index (χ0v) is 12.1. The van der Waals surface area contributed by atoms with Gasteiger partial charge < -0.3 is 5.32 Å². The van der Waals surface area contributed by atoms with Crippen LogP contribution in [-0.2, 0) is 6.42 Å². The van der Waals surface area contributed by atoms with Crippen LogP contribution in [0.25, 0.3) is 0 Å². The van der Waals surface area contributed by atoms with Crippen molar-refractivity contribution < 1.29 is 9.18 Å². The number of nitrogens with one attached hydrogen (secondary N) is 1. The van der Waals surface area contributed by atoms with E-state index in [-0.39, 0.29) is 5.56 Å². The third kappa shape index (κ3) is 3.39. The summed E-state index contributed by atoms with van der Waals surface area (Å²) in [5.74, 6) is -1.00. The Morgan fingerprint density at radius 2 is 2.00 bits per heavy atom. The number of anilines is 1. The zero-order valence-electron chi connectivity index (χ0n) is 11.2. The Hall–Kier alpha value is -1.81. The van der Waals surface area contributed by atoms with Gasteiger partial charge in [0.05, 0.1) is 5.56 Å². The van der Waals surface area contributed by atoms with Gasteiger partial charge in [-0.25, -0.2) is 4.39 Å². The average molecular weight is 289 g/mol. The molecule has 0 aromatic heterocycles. The zero-order chi connectivity index (χ0) is 14.5. The van der Waals surface area contributed by atoms with Crippen molar-refractivity contribution in [2.75, 3.05) is 5.32 Å². The van der Waals surface area contributed by atoms with Crippen molar-refractivity contribution in [1.29, 1.82) is 0 Å². The monoisotopic (exact) mass is 289 g/mol. The van der Waals surface area contributed by atoms with E-state index in [1.807, 2.05) is 24.3 Å². The van der Waals surface area contributed by atoms with Crippen molar-refractivity contribution in [2.45, 2.75) is 24.7 Å². The van der Waals surface area contributed by atoms with Crippen molar-refractivity contribution >= 4 is 24.2 Å². The van der Waals surface area contributed by atoms with Crippen LogP contribution < -0.4 is 5.32 Å². The Balaban J connectivity index is 2.26. The first-order valence-electron chi connectivity index (χ1n) is 6.49. The van der Waals surface area contributed by atoms with Gasteiger partial charge >= 0.3 is 0 Å². The number of carbonyl (C=O) groups is 1. The maximum atomic E-state index is 13.7. The van der Waals surface area contributed by atoms with Gasteiger partial charge in [0, 0.05) is 10.6 Å². The number of benzene rings is 2. The number of para-hydroxylation sites is 1. The quantitative estimate of drug-likeness (QED) is 0.806. The van der Waals surface area contributed by atoms with E-state index in [2.05, 4.69) is 24.9 Å². The van der Waals surface area contributed by atoms with Crippen LogP contribution in [-0.4, -0.2) is 5.91 Å². The topological polar surface area (TPSA) is 29.1 Å². The molecule has 0 saturated heterocycles. The molecule has 0 bridgehead atoms. The lowest BCUT2D eigenvalue weighted by atomic mass is 10.1. The van der Waals surface area contributed by atoms with E-state index in [4.69, 9.17) is 0 Å². The fraction of sp³-hybridized carbons (Fsp3) is 0.188. The third-order valence-corrected chi connectivity index (χ3v) is 3.26. The summed E-state index contributed by atoms with van der Waals surface area (Å²) in [5, 5.41) is 2.77. The Kier molecular flexibility index (Phi) is 4.79. The van der Waals surface area contributed by atoms with E-state index >= 15 is 0 Å². The van der Waals surface area contributed by atoms with Crippen LogP contribution in [0.1, 0.15) is 29.3 Å². The second kappa shape index (κ2) is 6.57. The normalized spacial score (nSPS) is 10.3. The molecule has 0 atom stereocenters. The molecule has 1 amide bonds. The van der Waals surface area contributed by atoms with Gasteiger partial charge in [0.2, 0.25) is 0 Å². The summed E-state index contributed by atoms with van der Waals surface area (Å²) in [6.07, 6.45) is 1.85. The number of rotatable bonds is 4. The minimum Gasteiger partial charge on any atom is -0.322 e. The predicted octanol–water partition coefficient (Wildman–Crippen LogP) is 4.32. The Bertz CT molecular complexity index is 628. The highest BCUT2D eigenvalue weighted by molar-refractivity contribution is 7.80. The van der Waals surface area contributed by atoms with Crippen LogP contribution in [0.5, 0.6) is 0 Å². The molecule has 0 heterocycles. The van der Waals surface area contributed by atoms with Gasteiger partial charge in [-0.2, -0.15) is 0 Å². The smallest absolute Gasteiger partial charge is 0.258 e. The van der Waals surface area contributed by atoms with Crippen LogP contribution in [0.3, 0.4) is 0 Å². The molecule has 0 unspecified atom stereocenters. The standard InChI is InChI=1S/C16H16FNOS/c1-2-5-11-6-3-4-7-15(11)18-16(19)13-10-12(20)8-9-14(13)17/h3-4,6-10,20H,2,5H2,1H3,(H,18,19). The van der Waals surface area contributed by atoms with E-state index in [9.17, 15) is 9.18 Å². The molecule has 0 aliphatic carbocycles. The molecule has 2 rings (SSSR count). The number of hydrogen-bond acceptors (Lipinski definition) is 2. The summed E-state index contributed by atoms with van der Waals surface area (Å²) in [6, 6.07) is 11.7. The third-order valence-electron chi connectivity index (χ3n) is 2.98. The van der Waals surface area contributed by atoms with Crippen LogP contribution >= 0.6 is 12.6 Å². The van der Waals surface area contributed by atoms with Gasteiger partial charge in [0.1, 0.15) is 5.82 Å². The molecule has 0 saturated carbocycles. The van der Waals surface area contributed by atoms with Crippen LogP contribution in [0.4, 0.5) is 10.1 Å². The van der Waals surface area contributed by atoms with Crippen LogP contribution in [0.2, 0.25) is 0 Å². The number of halogens is 1. The number of carbonyl (C=O) groups excluding carboxylic acids is 1. The predicted molar refractivity (Wildman–Crippen MR) is 82.0 cm³/mol. The molecule has 2 aromatic rings. The molecule has 0 aliphatic heterocycles. The van der Waals surface area contributed by atoms with Crippen molar-refractivity contribution in [3.05, 3.63) is 59.4 Å². The van der Waals surface area contributed by atoms with E-state index in [0.29, 0.717) is 4.90 Å². The fourth-order valence-electron chi connectivity index (χ4n) is 2.01. The summed E-state index contributed by atoms with van der Waals surface area (Å²) in [6.45, 7) is 2.07. The highest BCUT2D eigenvalue weighted by Gasteiger charge is 2.13. The first-order valence-corrected chi connectivity index (χ1v) is 6.94. The summed E-state index contributed by atoms with van der Waals surface area (Å²) in [4.78, 5) is 12.7. The Morgan fingerprint density at radius 1 is 1.25 bits per heavy atom. The van der Waals surface area contributed by atoms with Crippen molar-refractivity contribution in [3.63, 3.8) is 0 Å². The van der Waals surface area contributed by atoms with E-state index in [0.717, 1.165) is 24.1 Å². The van der Waals surface area contributed by atoms with Gasteiger partial charge in [-0.1, -0.05) is 31.5 Å². The number of aryl methyl sites for hydroxylation is 1. The highest BCUT2D eigenvalue weighted by Crippen LogP contribution is 2.20. The van der Waals surface area contributed by atoms with Gasteiger partial charge in [-0.05, 0) is 36.2 Å². The lowest BCUT2D eigenvalue weighted by molar-refractivity contribution is 0.102. The first-order chi connectivity index (χ1) is 9.61. The van der Waals surface area contributed by atoms with Crippen LogP contribution in [0, 0.1) is 5.82 Å². The summed E-state index contributed by atoms with van der Waals surface area (Å²) >= 11 is 4.13. The molecule has 0 spiro atoms. The molecule has 4 heteroatoms. The van der Waals surface area contributed by atoms with E-state index in [1.54, 1.807) is 0 Å². The van der Waals surface area contributed by atoms with Crippen molar-refractivity contribution in [1.82, 2.24) is 0 Å². The second-order valence-electron chi connectivity index (χ2n) is 4.53. The molecule has 2 aromatic carbocycles. The minimum absolute atomic E-state index is 0.00352. The van der Waals surface area contributed by atoms with E-state index in [1.165, 1.54) is 18.2 Å². The first kappa shape index (κ1) is 14.6. The Morgan fingerprint density at radius 3 is 2.75 bits per heavy atom. The average Bonchev–Trinajstić information content (AvgIpc) is 2.44. The maximum Gasteiger partial charge on any atom is 0.258 e. The molecule has 20 heavy (non-hydrogen) atoms. The molecule has 0 fully saturated rings. The number of hydrogen-bond donors (Lipinski definition) is 2. The van der Waals surface area contributed by atoms with Crippen molar-refractivity contribution in [3.8, 4) is 0 Å². The number of thiol groups is 1. The minimum atomic E-state index is -0.548. The molecule has 2 nitrogen and oxygen atoms in total. The molecule has 0 radical (unpaired) electrons. The molecule has 1 N–H and O–H groups in total. The van der Waals surface area contributed by atoms with E-state index < -0.39 is 11.7 Å². The molecule has 0 aliphatic rings. The van der Waals surface area contributed by atoms with Gasteiger partial charge in [-0.15, -0.1) is 12.6 Å². The Labute approximate surface area is 123 Å². The molecular formula is C16H16FNOS. The molecular weight excluding hydrogens is 273 g/mol. The lowest BCUT2D eigenvalue weighted by Gasteiger charge is -2.11. The fourth-order valence-corrected chi connectivity index (χ4v) is 2.21. The van der Waals surface area contributed by atoms with Gasteiger partial charge in [0.25, 0.3) is 5.91 Å². The SMILES string of the molecule is CCCc1ccccc1NC(=O)c1cc(S)ccc1F. The lowest BCUT2D eigenvalue weighted by Crippen LogP contribution is -2.15. The maximum absolute atomic E-state index is 13.7. The largest absolute Gasteiger partial charge is 0.322 e. The van der Waals surface area contributed by atoms with Gasteiger partial charge in [-0.3, -0.25) is 4.79 Å². The second-order valence-corrected chi connectivity index (χ2v) is 5.04. The highest BCUT2D eigenvalue weighted by atomic mass is 32.1. The van der Waals surface area contributed by atoms with Gasteiger partial charge in [0.15, 0.2) is 0 Å².